The van der Waals surface area contributed by atoms with Crippen LogP contribution in [0.25, 0.3) is 0 Å². The number of aliphatic hydroxyl groups is 1. The Morgan fingerprint density at radius 3 is 2.52 bits per heavy atom. The van der Waals surface area contributed by atoms with Crippen molar-refractivity contribution in [2.45, 2.75) is 31.7 Å². The highest BCUT2D eigenvalue weighted by molar-refractivity contribution is 7.88. The van der Waals surface area contributed by atoms with E-state index in [0.717, 1.165) is 17.7 Å². The summed E-state index contributed by atoms with van der Waals surface area (Å²) in [6.45, 7) is 5.81. The Balaban J connectivity index is 2.15. The maximum Gasteiger partial charge on any atom is 0.218 e. The molecule has 6 heteroatoms. The van der Waals surface area contributed by atoms with Crippen LogP contribution in [0.5, 0.6) is 0 Å². The third-order valence-electron chi connectivity index (χ3n) is 4.20. The molecule has 5 nitrogen and oxygen atoms in total. The number of hydrogen-bond donors (Lipinski definition) is 1. The van der Waals surface area contributed by atoms with Gasteiger partial charge in [-0.2, -0.15) is 4.31 Å². The van der Waals surface area contributed by atoms with E-state index in [1.165, 1.54) is 0 Å². The highest BCUT2D eigenvalue weighted by atomic mass is 32.2. The third kappa shape index (κ3) is 3.83. The third-order valence-corrected chi connectivity index (χ3v) is 5.99. The number of aliphatic hydroxyl groups excluding tert-OH is 1. The quantitative estimate of drug-likeness (QED) is 0.902. The van der Waals surface area contributed by atoms with Crippen LogP contribution in [-0.4, -0.2) is 55.0 Å². The van der Waals surface area contributed by atoms with Gasteiger partial charge in [0.05, 0.1) is 12.4 Å². The molecule has 0 aromatic heterocycles. The molecule has 118 valence electrons. The molecule has 21 heavy (non-hydrogen) atoms. The predicted molar refractivity (Wildman–Crippen MR) is 83.3 cm³/mol. The first-order chi connectivity index (χ1) is 9.74. The second-order valence-corrected chi connectivity index (χ2v) is 8.27. The van der Waals surface area contributed by atoms with Gasteiger partial charge in [0.25, 0.3) is 0 Å². The number of sulfonamides is 1. The first-order valence-electron chi connectivity index (χ1n) is 7.12. The van der Waals surface area contributed by atoms with E-state index in [9.17, 15) is 8.42 Å². The summed E-state index contributed by atoms with van der Waals surface area (Å²) in [4.78, 5) is 2.19. The summed E-state index contributed by atoms with van der Waals surface area (Å²) in [6.07, 6.45) is 0. The van der Waals surface area contributed by atoms with Crippen molar-refractivity contribution in [3.05, 3.63) is 35.4 Å². The molecule has 0 bridgehead atoms. The van der Waals surface area contributed by atoms with Crippen molar-refractivity contribution >= 4 is 10.0 Å². The van der Waals surface area contributed by atoms with Gasteiger partial charge in [0.1, 0.15) is 0 Å². The van der Waals surface area contributed by atoms with Crippen LogP contribution in [0.2, 0.25) is 0 Å². The van der Waals surface area contributed by atoms with Crippen molar-refractivity contribution < 1.29 is 13.5 Å². The number of nitrogens with zero attached hydrogens (tertiary/aromatic N) is 2. The van der Waals surface area contributed by atoms with E-state index in [1.54, 1.807) is 28.6 Å². The molecule has 0 radical (unpaired) electrons. The zero-order valence-electron chi connectivity index (χ0n) is 12.9. The number of hydrogen-bond acceptors (Lipinski definition) is 4. The lowest BCUT2D eigenvalue weighted by atomic mass is 10.0. The van der Waals surface area contributed by atoms with Gasteiger partial charge in [-0.05, 0) is 32.0 Å². The van der Waals surface area contributed by atoms with Crippen LogP contribution in [0.15, 0.2) is 24.3 Å². The van der Waals surface area contributed by atoms with Crippen LogP contribution in [0.1, 0.15) is 25.0 Å². The molecular formula is C15H24N2O3S. The van der Waals surface area contributed by atoms with Crippen LogP contribution in [-0.2, 0) is 22.4 Å². The zero-order chi connectivity index (χ0) is 15.7. The minimum Gasteiger partial charge on any atom is -0.392 e. The van der Waals surface area contributed by atoms with Crippen LogP contribution in [0.3, 0.4) is 0 Å². The minimum atomic E-state index is -3.33. The lowest BCUT2D eigenvalue weighted by Gasteiger charge is -2.44. The summed E-state index contributed by atoms with van der Waals surface area (Å²) in [5.41, 5.74) is 1.30. The smallest absolute Gasteiger partial charge is 0.218 e. The summed E-state index contributed by atoms with van der Waals surface area (Å²) in [7, 11) is -1.31. The highest BCUT2D eigenvalue weighted by Crippen LogP contribution is 2.23. The Labute approximate surface area is 127 Å². The monoisotopic (exact) mass is 312 g/mol. The molecule has 1 aliphatic heterocycles. The van der Waals surface area contributed by atoms with E-state index < -0.39 is 10.0 Å². The summed E-state index contributed by atoms with van der Waals surface area (Å²) < 4.78 is 26.8. The minimum absolute atomic E-state index is 0.0133. The largest absolute Gasteiger partial charge is 0.392 e. The summed E-state index contributed by atoms with van der Waals surface area (Å²) in [5.74, 6) is -0.0133. The van der Waals surface area contributed by atoms with E-state index in [1.807, 2.05) is 7.05 Å². The molecule has 0 unspecified atom stereocenters. The van der Waals surface area contributed by atoms with Gasteiger partial charge in [0.2, 0.25) is 10.0 Å². The van der Waals surface area contributed by atoms with Gasteiger partial charge < -0.3 is 5.11 Å². The molecular weight excluding hydrogens is 288 g/mol. The van der Waals surface area contributed by atoms with Crippen LogP contribution >= 0.6 is 0 Å². The second-order valence-electron chi connectivity index (χ2n) is 6.30. The Bertz CT molecular complexity index is 599. The number of benzene rings is 1. The van der Waals surface area contributed by atoms with E-state index in [-0.39, 0.29) is 17.9 Å². The molecule has 1 saturated heterocycles. The average molecular weight is 312 g/mol. The molecule has 0 saturated carbocycles. The Hall–Kier alpha value is -0.950. The van der Waals surface area contributed by atoms with E-state index in [0.29, 0.717) is 13.1 Å². The Kier molecular flexibility index (Phi) is 4.72. The number of rotatable bonds is 4. The fraction of sp³-hybridized carbons (Fsp3) is 0.600. The summed E-state index contributed by atoms with van der Waals surface area (Å²) in [5, 5.41) is 9.14. The van der Waals surface area contributed by atoms with Gasteiger partial charge in [-0.1, -0.05) is 24.3 Å². The fourth-order valence-corrected chi connectivity index (χ4v) is 4.21. The highest BCUT2D eigenvalue weighted by Gasteiger charge is 2.36. The van der Waals surface area contributed by atoms with Gasteiger partial charge in [0.15, 0.2) is 0 Å². The topological polar surface area (TPSA) is 60.9 Å². The molecule has 1 fully saturated rings. The van der Waals surface area contributed by atoms with Crippen molar-refractivity contribution in [1.29, 1.82) is 0 Å². The van der Waals surface area contributed by atoms with E-state index in [2.05, 4.69) is 18.7 Å². The molecule has 1 aliphatic rings. The van der Waals surface area contributed by atoms with Crippen LogP contribution in [0.4, 0.5) is 0 Å². The van der Waals surface area contributed by atoms with Gasteiger partial charge >= 0.3 is 0 Å². The van der Waals surface area contributed by atoms with Gasteiger partial charge in [-0.15, -0.1) is 0 Å². The Morgan fingerprint density at radius 2 is 1.90 bits per heavy atom. The normalized spacial score (nSPS) is 20.6. The molecule has 2 rings (SSSR count). The van der Waals surface area contributed by atoms with E-state index in [4.69, 9.17) is 5.11 Å². The number of piperazine rings is 1. The molecule has 0 spiro atoms. The predicted octanol–water partition coefficient (Wildman–Crippen LogP) is 1.03. The van der Waals surface area contributed by atoms with Crippen LogP contribution in [0, 0.1) is 0 Å². The van der Waals surface area contributed by atoms with Gasteiger partial charge in [0, 0.05) is 25.2 Å². The maximum absolute atomic E-state index is 12.6. The SMILES string of the molecule is CN1CCN(S(=O)(=O)Cc2cccc(CO)c2)CC1(C)C. The average Bonchev–Trinajstić information content (AvgIpc) is 2.41. The lowest BCUT2D eigenvalue weighted by molar-refractivity contribution is 0.0801. The zero-order valence-corrected chi connectivity index (χ0v) is 13.7. The molecule has 0 atom stereocenters. The number of likely N-dealkylation sites (N-methyl/N-ethyl adjacent to an activating group) is 1. The Morgan fingerprint density at radius 1 is 1.24 bits per heavy atom. The molecule has 0 aliphatic carbocycles. The molecule has 1 aromatic rings. The molecule has 1 heterocycles. The van der Waals surface area contributed by atoms with Gasteiger partial charge in [-0.3, -0.25) is 4.90 Å². The molecule has 1 N–H and O–H groups in total. The first-order valence-corrected chi connectivity index (χ1v) is 8.73. The van der Waals surface area contributed by atoms with Gasteiger partial charge in [-0.25, -0.2) is 8.42 Å². The lowest BCUT2D eigenvalue weighted by Crippen LogP contribution is -2.58. The van der Waals surface area contributed by atoms with Crippen molar-refractivity contribution in [3.63, 3.8) is 0 Å². The fourth-order valence-electron chi connectivity index (χ4n) is 2.55. The second kappa shape index (κ2) is 6.04. The van der Waals surface area contributed by atoms with Crippen molar-refractivity contribution in [3.8, 4) is 0 Å². The first kappa shape index (κ1) is 16.4. The van der Waals surface area contributed by atoms with Crippen LogP contribution < -0.4 is 0 Å². The van der Waals surface area contributed by atoms with Crippen molar-refractivity contribution in [1.82, 2.24) is 9.21 Å². The van der Waals surface area contributed by atoms with Crippen molar-refractivity contribution in [2.24, 2.45) is 0 Å². The molecule has 1 aromatic carbocycles. The summed E-state index contributed by atoms with van der Waals surface area (Å²) >= 11 is 0. The molecule has 0 amide bonds. The van der Waals surface area contributed by atoms with E-state index >= 15 is 0 Å². The standard InChI is InChI=1S/C15H24N2O3S/c1-15(2)12-17(8-7-16(15)3)21(19,20)11-14-6-4-5-13(9-14)10-18/h4-6,9,18H,7-8,10-12H2,1-3H3. The van der Waals surface area contributed by atoms with Crippen molar-refractivity contribution in [2.75, 3.05) is 26.7 Å². The maximum atomic E-state index is 12.6. The summed E-state index contributed by atoms with van der Waals surface area (Å²) in [6, 6.07) is 7.11.